The van der Waals surface area contributed by atoms with Crippen molar-refractivity contribution in [1.82, 2.24) is 0 Å². The van der Waals surface area contributed by atoms with Gasteiger partial charge in [-0.2, -0.15) is 0 Å². The molecule has 3 fully saturated rings. The van der Waals surface area contributed by atoms with Gasteiger partial charge in [-0.25, -0.2) is 0 Å². The lowest BCUT2D eigenvalue weighted by Crippen LogP contribution is -2.11. The summed E-state index contributed by atoms with van der Waals surface area (Å²) in [5.74, 6) is 5.07. The molecule has 0 aromatic rings. The van der Waals surface area contributed by atoms with Crippen molar-refractivity contribution in [2.45, 2.75) is 485 Å². The first kappa shape index (κ1) is 112. The van der Waals surface area contributed by atoms with E-state index in [9.17, 15) is 0 Å². The quantitative estimate of drug-likeness (QED) is 0.0842. The van der Waals surface area contributed by atoms with Gasteiger partial charge < -0.3 is 0 Å². The van der Waals surface area contributed by atoms with Gasteiger partial charge in [-0.15, -0.1) is 13.2 Å². The molecular weight excluding hydrogens is 1480 g/mol. The molecule has 3 aliphatic carbocycles. The average molecular weight is 1680 g/mol. The SMILES string of the molecule is C=C(C)CC1CCC2CC(=C)C(CCC(=C)CCCCCCCCCC(=C)CC(C(=C)CC(CCCCCC(=C)CC)C(=C)C)CCCCCC(=C)CCCCCCCCCC(=C)CCC3C(=C)CC(CCC(CC(=C)C)C(=C)CCCCCCCCCC(=C)CC(C(=C)CC(CC)C(=C)C)CCCCCC(=C)CCCCCCCCCC1=C)C3=C)C2=C. The van der Waals surface area contributed by atoms with Crippen LogP contribution in [-0.2, 0) is 0 Å². The Hall–Kier alpha value is -4.94. The van der Waals surface area contributed by atoms with Crippen molar-refractivity contribution in [2.75, 3.05) is 0 Å². The van der Waals surface area contributed by atoms with Crippen LogP contribution < -0.4 is 0 Å². The molecular formula is C123H204. The normalized spacial score (nSPS) is 25.3. The number of unbranched alkanes of at least 4 members (excludes halogenated alkanes) is 2. The number of rotatable bonds is 20. The zero-order chi connectivity index (χ0) is 90.5. The van der Waals surface area contributed by atoms with Crippen LogP contribution in [0.5, 0.6) is 0 Å². The maximum Gasteiger partial charge on any atom is 0.000769 e. The highest BCUT2D eigenvalue weighted by molar-refractivity contribution is 5.30. The van der Waals surface area contributed by atoms with Crippen molar-refractivity contribution >= 4 is 0 Å². The standard InChI is InChI=1S/C123H204/c1-26-99(11)65-57-48-62-76-115(98(9)10)92-109(21)117-78-64-50-59-69-100(12)66-51-40-32-28-33-42-53-70-102(14)79-85-122-110(22)93-121(112(122)24)84-82-119(88-96(5)6)107(19)75-61-47-39-31-37-45-56-72-104(16)89-116(108(20)91-114(27-2)97(7)8)77-63-49-58-68-101(13)67-52-41-35-30-38-46-60-74-106(18)118(87-95(3)4)81-83-120-94-111(23)123(113(120)25)86-80-103(15)71-54-43-34-29-36-44-55-73-105(17)90-117/h114-123H,3,5,7,9,11-94H2,1-2,4,6,8,10H3. The fraction of sp³-hybridized carbons (Fsp3) is 0.691. The molecule has 0 saturated heterocycles. The summed E-state index contributed by atoms with van der Waals surface area (Å²) in [5, 5.41) is 0. The Bertz CT molecular complexity index is 3220. The van der Waals surface area contributed by atoms with Crippen molar-refractivity contribution in [3.05, 3.63) is 231 Å². The van der Waals surface area contributed by atoms with Gasteiger partial charge in [-0.05, 0) is 351 Å². The summed E-state index contributed by atoms with van der Waals surface area (Å²) in [7, 11) is 0. The van der Waals surface area contributed by atoms with Crippen molar-refractivity contribution in [2.24, 2.45) is 59.2 Å². The van der Waals surface area contributed by atoms with Crippen LogP contribution in [0.25, 0.3) is 0 Å². The molecule has 0 heterocycles. The minimum Gasteiger partial charge on any atom is -0.100 e. The molecule has 0 heteroatoms. The topological polar surface area (TPSA) is 0 Å². The second-order valence-electron chi connectivity index (χ2n) is 42.0. The van der Waals surface area contributed by atoms with Gasteiger partial charge in [-0.1, -0.05) is 399 Å². The van der Waals surface area contributed by atoms with E-state index in [1.807, 2.05) is 0 Å². The van der Waals surface area contributed by atoms with Crippen LogP contribution in [0.1, 0.15) is 485 Å². The van der Waals surface area contributed by atoms with Crippen LogP contribution in [0.2, 0.25) is 0 Å². The molecule has 0 amide bonds. The lowest BCUT2D eigenvalue weighted by molar-refractivity contribution is 0.445. The molecule has 3 aliphatic rings. The summed E-state index contributed by atoms with van der Waals surface area (Å²) in [6.07, 6.45) is 84.6. The third-order valence-corrected chi connectivity index (χ3v) is 30.1. The zero-order valence-corrected chi connectivity index (χ0v) is 83.5. The Balaban J connectivity index is 1.56. The number of hydrogen-bond donors (Lipinski definition) is 0. The van der Waals surface area contributed by atoms with E-state index in [0.717, 1.165) is 128 Å². The molecule has 10 unspecified atom stereocenters. The fourth-order valence-corrected chi connectivity index (χ4v) is 21.2. The highest BCUT2D eigenvalue weighted by atomic mass is 14.4. The summed E-state index contributed by atoms with van der Waals surface area (Å²) >= 11 is 0. The molecule has 0 aromatic carbocycles. The van der Waals surface area contributed by atoms with Crippen LogP contribution in [-0.4, -0.2) is 0 Å². The van der Waals surface area contributed by atoms with E-state index in [-0.39, 0.29) is 0 Å². The lowest BCUT2D eigenvalue weighted by atomic mass is 9.80. The first-order valence-electron chi connectivity index (χ1n) is 52.7. The molecule has 3 rings (SSSR count). The molecule has 4 bridgehead atoms. The molecule has 0 radical (unpaired) electrons. The van der Waals surface area contributed by atoms with Gasteiger partial charge in [0.2, 0.25) is 0 Å². The number of hydrogen-bond acceptors (Lipinski definition) is 0. The van der Waals surface area contributed by atoms with E-state index in [1.54, 1.807) is 0 Å². The highest BCUT2D eigenvalue weighted by Gasteiger charge is 2.34. The minimum atomic E-state index is 0.439. The van der Waals surface area contributed by atoms with Gasteiger partial charge in [0.15, 0.2) is 0 Å². The van der Waals surface area contributed by atoms with Crippen LogP contribution in [0.3, 0.4) is 0 Å². The third kappa shape index (κ3) is 53.0. The largest absolute Gasteiger partial charge is 0.100 e. The highest BCUT2D eigenvalue weighted by Crippen LogP contribution is 2.48. The van der Waals surface area contributed by atoms with E-state index < -0.39 is 0 Å². The average Bonchev–Trinajstić information content (AvgIpc) is 1.69. The van der Waals surface area contributed by atoms with Crippen LogP contribution >= 0.6 is 0 Å². The summed E-state index contributed by atoms with van der Waals surface area (Å²) in [6, 6.07) is 0. The maximum absolute atomic E-state index is 4.87. The second-order valence-corrected chi connectivity index (χ2v) is 42.0. The van der Waals surface area contributed by atoms with Crippen LogP contribution in [0.4, 0.5) is 0 Å². The Kier molecular flexibility index (Phi) is 63.1. The molecule has 0 nitrogen and oxygen atoms in total. The monoisotopic (exact) mass is 1680 g/mol. The smallest absolute Gasteiger partial charge is 0.000769 e. The zero-order valence-electron chi connectivity index (χ0n) is 83.5. The summed E-state index contributed by atoms with van der Waals surface area (Å²) < 4.78 is 0. The van der Waals surface area contributed by atoms with E-state index in [4.69, 9.17) is 52.6 Å². The van der Waals surface area contributed by atoms with Gasteiger partial charge in [0.25, 0.3) is 0 Å². The van der Waals surface area contributed by atoms with Gasteiger partial charge >= 0.3 is 0 Å². The first-order valence-corrected chi connectivity index (χ1v) is 52.7. The molecule has 3 saturated carbocycles. The maximum atomic E-state index is 4.87. The Morgan fingerprint density at radius 2 is 0.577 bits per heavy atom. The summed E-state index contributed by atoms with van der Waals surface area (Å²) in [5.41, 5.74) is 26.7. The molecule has 0 spiro atoms. The fourth-order valence-electron chi connectivity index (χ4n) is 21.2. The molecule has 0 N–H and O–H groups in total. The first-order chi connectivity index (χ1) is 59.0. The van der Waals surface area contributed by atoms with Crippen molar-refractivity contribution in [3.8, 4) is 0 Å². The molecule has 0 aliphatic heterocycles. The number of fused-ring (bicyclic) bond motifs is 4. The number of allylic oxidation sites excluding steroid dienone is 19. The summed E-state index contributed by atoms with van der Waals surface area (Å²) in [4.78, 5) is 0. The molecule has 696 valence electrons. The van der Waals surface area contributed by atoms with E-state index in [1.165, 1.54) is 421 Å². The third-order valence-electron chi connectivity index (χ3n) is 30.1. The second kappa shape index (κ2) is 69.1. The predicted molar refractivity (Wildman–Crippen MR) is 561 cm³/mol. The Labute approximate surface area is 769 Å². The minimum absolute atomic E-state index is 0.439. The molecule has 10 atom stereocenters. The Morgan fingerprint density at radius 1 is 0.285 bits per heavy atom. The molecule has 0 aromatic heterocycles. The van der Waals surface area contributed by atoms with Gasteiger partial charge in [0.1, 0.15) is 0 Å². The van der Waals surface area contributed by atoms with E-state index in [0.29, 0.717) is 59.2 Å². The lowest BCUT2D eigenvalue weighted by Gasteiger charge is -2.25. The van der Waals surface area contributed by atoms with Crippen LogP contribution in [0, 0.1) is 59.2 Å². The van der Waals surface area contributed by atoms with Gasteiger partial charge in [-0.3, -0.25) is 0 Å². The predicted octanol–water partition coefficient (Wildman–Crippen LogP) is 41.8. The van der Waals surface area contributed by atoms with E-state index >= 15 is 0 Å². The van der Waals surface area contributed by atoms with Crippen LogP contribution in [0.15, 0.2) is 231 Å². The van der Waals surface area contributed by atoms with Crippen molar-refractivity contribution in [3.63, 3.8) is 0 Å². The van der Waals surface area contributed by atoms with E-state index in [2.05, 4.69) is 114 Å². The molecule has 123 heavy (non-hydrogen) atoms. The van der Waals surface area contributed by atoms with Crippen molar-refractivity contribution in [1.29, 1.82) is 0 Å². The van der Waals surface area contributed by atoms with Gasteiger partial charge in [0.05, 0.1) is 0 Å². The summed E-state index contributed by atoms with van der Waals surface area (Å²) in [6.45, 7) is 101. The van der Waals surface area contributed by atoms with Crippen molar-refractivity contribution < 1.29 is 0 Å². The Morgan fingerprint density at radius 3 is 0.886 bits per heavy atom. The van der Waals surface area contributed by atoms with Gasteiger partial charge in [0, 0.05) is 11.8 Å².